The summed E-state index contributed by atoms with van der Waals surface area (Å²) in [6, 6.07) is 9.10. The lowest BCUT2D eigenvalue weighted by Gasteiger charge is -2.17. The predicted molar refractivity (Wildman–Crippen MR) is 94.6 cm³/mol. The smallest absolute Gasteiger partial charge is 0.273 e. The second kappa shape index (κ2) is 7.85. The molecule has 0 radical (unpaired) electrons. The number of ether oxygens (including phenoxy) is 2. The van der Waals surface area contributed by atoms with Gasteiger partial charge in [-0.2, -0.15) is 0 Å². The number of methoxy groups -OCH3 is 1. The van der Waals surface area contributed by atoms with Gasteiger partial charge in [-0.15, -0.1) is 0 Å². The third kappa shape index (κ3) is 4.39. The van der Waals surface area contributed by atoms with Crippen molar-refractivity contribution in [3.8, 4) is 11.5 Å². The normalized spacial score (nSPS) is 11.5. The fraction of sp³-hybridized carbons (Fsp3) is 0.235. The van der Waals surface area contributed by atoms with Crippen LogP contribution in [-0.4, -0.2) is 24.0 Å². The number of non-ortho nitro benzene ring substituents is 1. The first kappa shape index (κ1) is 18.5. The largest absolute Gasteiger partial charge is 0.493 e. The molecule has 0 aromatic heterocycles. The Labute approximate surface area is 149 Å². The van der Waals surface area contributed by atoms with Crippen LogP contribution in [0.15, 0.2) is 36.4 Å². The molecule has 0 heterocycles. The molecule has 2 rings (SSSR count). The molecule has 2 aromatic carbocycles. The fourth-order valence-electron chi connectivity index (χ4n) is 2.09. The van der Waals surface area contributed by atoms with E-state index < -0.39 is 16.9 Å². The highest BCUT2D eigenvalue weighted by Gasteiger charge is 2.20. The first-order valence-corrected chi connectivity index (χ1v) is 7.76. The zero-order valence-corrected chi connectivity index (χ0v) is 14.7. The summed E-state index contributed by atoms with van der Waals surface area (Å²) in [6.45, 7) is 3.32. The average Bonchev–Trinajstić information content (AvgIpc) is 2.58. The quantitative estimate of drug-likeness (QED) is 0.618. The Morgan fingerprint density at radius 3 is 2.64 bits per heavy atom. The van der Waals surface area contributed by atoms with Crippen molar-refractivity contribution in [2.75, 3.05) is 12.4 Å². The van der Waals surface area contributed by atoms with Crippen LogP contribution in [0.25, 0.3) is 0 Å². The van der Waals surface area contributed by atoms with E-state index in [0.717, 1.165) is 5.56 Å². The monoisotopic (exact) mass is 364 g/mol. The van der Waals surface area contributed by atoms with Gasteiger partial charge in [-0.05, 0) is 37.6 Å². The van der Waals surface area contributed by atoms with Crippen LogP contribution in [-0.2, 0) is 4.79 Å². The minimum Gasteiger partial charge on any atom is -0.493 e. The number of halogens is 1. The number of rotatable bonds is 6. The van der Waals surface area contributed by atoms with Gasteiger partial charge < -0.3 is 14.8 Å². The number of carbonyl (C=O) groups is 1. The van der Waals surface area contributed by atoms with E-state index in [1.54, 1.807) is 25.1 Å². The molecule has 0 fully saturated rings. The van der Waals surface area contributed by atoms with Crippen LogP contribution in [0.1, 0.15) is 12.5 Å². The fourth-order valence-corrected chi connectivity index (χ4v) is 2.27. The van der Waals surface area contributed by atoms with E-state index >= 15 is 0 Å². The predicted octanol–water partition coefficient (Wildman–Crippen LogP) is 3.97. The number of benzene rings is 2. The maximum absolute atomic E-state index is 12.3. The molecule has 0 aliphatic carbocycles. The highest BCUT2D eigenvalue weighted by Crippen LogP contribution is 2.32. The molecule has 0 bridgehead atoms. The van der Waals surface area contributed by atoms with E-state index in [2.05, 4.69) is 5.32 Å². The number of nitro benzene ring substituents is 1. The molecule has 8 heteroatoms. The molecule has 25 heavy (non-hydrogen) atoms. The summed E-state index contributed by atoms with van der Waals surface area (Å²) in [5.74, 6) is -0.00900. The molecule has 132 valence electrons. The number of anilines is 1. The van der Waals surface area contributed by atoms with Crippen LogP contribution in [0.4, 0.5) is 11.4 Å². The molecule has 0 saturated carbocycles. The zero-order valence-electron chi connectivity index (χ0n) is 13.9. The molecule has 1 N–H and O–H groups in total. The van der Waals surface area contributed by atoms with Crippen LogP contribution in [0.3, 0.4) is 0 Å². The molecule has 1 amide bonds. The van der Waals surface area contributed by atoms with E-state index in [9.17, 15) is 14.9 Å². The number of nitrogens with one attached hydrogen (secondary N) is 1. The standard InChI is InChI=1S/C17H17ClN2O5/c1-10-13(18)5-4-6-14(10)19-17(21)11(2)25-16-9-12(20(22)23)7-8-15(16)24-3/h4-9,11H,1-3H3,(H,19,21)/t11-/m0/s1. The van der Waals surface area contributed by atoms with Gasteiger partial charge in [0.1, 0.15) is 0 Å². The summed E-state index contributed by atoms with van der Waals surface area (Å²) in [6.07, 6.45) is -0.908. The van der Waals surface area contributed by atoms with Crippen molar-refractivity contribution in [2.24, 2.45) is 0 Å². The lowest BCUT2D eigenvalue weighted by Crippen LogP contribution is -2.30. The summed E-state index contributed by atoms with van der Waals surface area (Å²) >= 11 is 6.03. The highest BCUT2D eigenvalue weighted by molar-refractivity contribution is 6.31. The molecule has 0 aliphatic rings. The van der Waals surface area contributed by atoms with Gasteiger partial charge >= 0.3 is 0 Å². The maximum atomic E-state index is 12.3. The summed E-state index contributed by atoms with van der Waals surface area (Å²) in [5, 5.41) is 14.2. The first-order valence-electron chi connectivity index (χ1n) is 7.38. The van der Waals surface area contributed by atoms with Crippen LogP contribution in [0.5, 0.6) is 11.5 Å². The second-order valence-corrected chi connectivity index (χ2v) is 5.66. The van der Waals surface area contributed by atoms with Gasteiger partial charge in [-0.3, -0.25) is 14.9 Å². The number of nitrogens with zero attached hydrogens (tertiary/aromatic N) is 1. The molecular formula is C17H17ClN2O5. The Morgan fingerprint density at radius 2 is 2.00 bits per heavy atom. The van der Waals surface area contributed by atoms with E-state index in [0.29, 0.717) is 16.5 Å². The number of carbonyl (C=O) groups excluding carboxylic acids is 1. The van der Waals surface area contributed by atoms with Crippen molar-refractivity contribution in [2.45, 2.75) is 20.0 Å². The number of amides is 1. The van der Waals surface area contributed by atoms with Gasteiger partial charge in [0.2, 0.25) is 0 Å². The van der Waals surface area contributed by atoms with Crippen molar-refractivity contribution >= 4 is 28.9 Å². The molecule has 0 unspecified atom stereocenters. The third-order valence-electron chi connectivity index (χ3n) is 3.56. The van der Waals surface area contributed by atoms with Gasteiger partial charge in [0.25, 0.3) is 11.6 Å². The average molecular weight is 365 g/mol. The SMILES string of the molecule is COc1ccc([N+](=O)[O-])cc1O[C@@H](C)C(=O)Nc1cccc(Cl)c1C. The van der Waals surface area contributed by atoms with Crippen molar-refractivity contribution < 1.29 is 19.2 Å². The summed E-state index contributed by atoms with van der Waals surface area (Å²) in [4.78, 5) is 22.7. The Hall–Kier alpha value is -2.80. The molecule has 0 spiro atoms. The van der Waals surface area contributed by atoms with E-state index in [-0.39, 0.29) is 11.4 Å². The molecule has 2 aromatic rings. The lowest BCUT2D eigenvalue weighted by molar-refractivity contribution is -0.385. The highest BCUT2D eigenvalue weighted by atomic mass is 35.5. The molecule has 1 atom stereocenters. The Balaban J connectivity index is 2.17. The van der Waals surface area contributed by atoms with Crippen LogP contribution in [0.2, 0.25) is 5.02 Å². The summed E-state index contributed by atoms with van der Waals surface area (Å²) < 4.78 is 10.7. The Bertz CT molecular complexity index is 810. The van der Waals surface area contributed by atoms with Gasteiger partial charge in [0.15, 0.2) is 17.6 Å². The van der Waals surface area contributed by atoms with Crippen molar-refractivity contribution in [3.63, 3.8) is 0 Å². The third-order valence-corrected chi connectivity index (χ3v) is 3.97. The summed E-state index contributed by atoms with van der Waals surface area (Å²) in [5.41, 5.74) is 1.14. The number of hydrogen-bond donors (Lipinski definition) is 1. The topological polar surface area (TPSA) is 90.7 Å². The van der Waals surface area contributed by atoms with E-state index in [4.69, 9.17) is 21.1 Å². The van der Waals surface area contributed by atoms with E-state index in [1.807, 2.05) is 0 Å². The van der Waals surface area contributed by atoms with Crippen molar-refractivity contribution in [1.82, 2.24) is 0 Å². The van der Waals surface area contributed by atoms with Gasteiger partial charge in [0, 0.05) is 16.8 Å². The molecular weight excluding hydrogens is 348 g/mol. The number of hydrogen-bond acceptors (Lipinski definition) is 5. The first-order chi connectivity index (χ1) is 11.8. The molecule has 0 aliphatic heterocycles. The van der Waals surface area contributed by atoms with Crippen LogP contribution >= 0.6 is 11.6 Å². The molecule has 7 nitrogen and oxygen atoms in total. The van der Waals surface area contributed by atoms with E-state index in [1.165, 1.54) is 32.2 Å². The van der Waals surface area contributed by atoms with Gasteiger partial charge in [-0.25, -0.2) is 0 Å². The van der Waals surface area contributed by atoms with Crippen molar-refractivity contribution in [3.05, 3.63) is 57.1 Å². The maximum Gasteiger partial charge on any atom is 0.273 e. The Morgan fingerprint density at radius 1 is 1.28 bits per heavy atom. The second-order valence-electron chi connectivity index (χ2n) is 5.25. The zero-order chi connectivity index (χ0) is 18.6. The van der Waals surface area contributed by atoms with Crippen LogP contribution in [0, 0.1) is 17.0 Å². The lowest BCUT2D eigenvalue weighted by atomic mass is 10.2. The minimum absolute atomic E-state index is 0.113. The Kier molecular flexibility index (Phi) is 5.82. The van der Waals surface area contributed by atoms with Gasteiger partial charge in [-0.1, -0.05) is 17.7 Å². The molecule has 0 saturated heterocycles. The summed E-state index contributed by atoms with van der Waals surface area (Å²) in [7, 11) is 1.41. The minimum atomic E-state index is -0.908. The van der Waals surface area contributed by atoms with Gasteiger partial charge in [0.05, 0.1) is 18.1 Å². The van der Waals surface area contributed by atoms with Crippen molar-refractivity contribution in [1.29, 1.82) is 0 Å². The number of nitro groups is 1. The van der Waals surface area contributed by atoms with Crippen LogP contribution < -0.4 is 14.8 Å².